The van der Waals surface area contributed by atoms with Gasteiger partial charge in [0.1, 0.15) is 5.92 Å². The van der Waals surface area contributed by atoms with Crippen molar-refractivity contribution in [2.24, 2.45) is 11.7 Å². The SMILES string of the molecule is CCCC1C(=O)NC(=O)N(CCCCC(N)=O)C1=O. The maximum Gasteiger partial charge on any atom is 0.330 e. The van der Waals surface area contributed by atoms with Crippen LogP contribution in [0.3, 0.4) is 0 Å². The predicted octanol–water partition coefficient (Wildman–Crippen LogP) is 0.137. The van der Waals surface area contributed by atoms with Gasteiger partial charge in [-0.25, -0.2) is 4.79 Å². The number of barbiturate groups is 1. The summed E-state index contributed by atoms with van der Waals surface area (Å²) in [4.78, 5) is 46.7. The summed E-state index contributed by atoms with van der Waals surface area (Å²) >= 11 is 0. The number of carbonyl (C=O) groups excluding carboxylic acids is 4. The zero-order valence-electron chi connectivity index (χ0n) is 11.0. The maximum atomic E-state index is 12.0. The fourth-order valence-electron chi connectivity index (χ4n) is 1.98. The van der Waals surface area contributed by atoms with Crippen molar-refractivity contribution < 1.29 is 19.2 Å². The Kier molecular flexibility index (Phi) is 5.47. The van der Waals surface area contributed by atoms with Crippen molar-refractivity contribution in [1.29, 1.82) is 0 Å². The van der Waals surface area contributed by atoms with Crippen molar-refractivity contribution in [2.75, 3.05) is 6.54 Å². The van der Waals surface area contributed by atoms with E-state index in [1.54, 1.807) is 0 Å². The lowest BCUT2D eigenvalue weighted by Gasteiger charge is -2.29. The number of imide groups is 2. The molecule has 1 aliphatic rings. The third-order valence-corrected chi connectivity index (χ3v) is 2.99. The Bertz CT molecular complexity index is 394. The molecule has 7 nitrogen and oxygen atoms in total. The van der Waals surface area contributed by atoms with Crippen LogP contribution in [0.4, 0.5) is 4.79 Å². The first-order chi connectivity index (χ1) is 8.97. The first kappa shape index (κ1) is 15.1. The summed E-state index contributed by atoms with van der Waals surface area (Å²) < 4.78 is 0. The molecule has 7 heteroatoms. The van der Waals surface area contributed by atoms with E-state index in [9.17, 15) is 19.2 Å². The number of rotatable bonds is 7. The first-order valence-corrected chi connectivity index (χ1v) is 6.41. The predicted molar refractivity (Wildman–Crippen MR) is 66.7 cm³/mol. The highest BCUT2D eigenvalue weighted by molar-refractivity contribution is 6.16. The Morgan fingerprint density at radius 1 is 1.32 bits per heavy atom. The number of amides is 5. The van der Waals surface area contributed by atoms with Crippen LogP contribution in [0.5, 0.6) is 0 Å². The lowest BCUT2D eigenvalue weighted by Crippen LogP contribution is -2.58. The molecule has 1 fully saturated rings. The molecule has 5 amide bonds. The summed E-state index contributed by atoms with van der Waals surface area (Å²) in [5.74, 6) is -2.16. The van der Waals surface area contributed by atoms with Crippen LogP contribution in [0.1, 0.15) is 39.0 Å². The monoisotopic (exact) mass is 269 g/mol. The highest BCUT2D eigenvalue weighted by Gasteiger charge is 2.39. The number of primary amides is 1. The van der Waals surface area contributed by atoms with Crippen LogP contribution in [-0.2, 0) is 14.4 Å². The molecule has 0 aliphatic carbocycles. The Hall–Kier alpha value is -1.92. The van der Waals surface area contributed by atoms with Crippen molar-refractivity contribution in [3.8, 4) is 0 Å². The largest absolute Gasteiger partial charge is 0.370 e. The highest BCUT2D eigenvalue weighted by Crippen LogP contribution is 2.16. The molecule has 0 saturated carbocycles. The van der Waals surface area contributed by atoms with Crippen LogP contribution in [-0.4, -0.2) is 35.2 Å². The van der Waals surface area contributed by atoms with Gasteiger partial charge in [-0.05, 0) is 19.3 Å². The second kappa shape index (κ2) is 6.86. The molecule has 1 aliphatic heterocycles. The third kappa shape index (κ3) is 4.04. The van der Waals surface area contributed by atoms with Gasteiger partial charge in [0, 0.05) is 13.0 Å². The molecule has 1 rings (SSSR count). The summed E-state index contributed by atoms with van der Waals surface area (Å²) in [6, 6.07) is -0.679. The van der Waals surface area contributed by atoms with E-state index in [1.165, 1.54) is 0 Å². The van der Waals surface area contributed by atoms with Gasteiger partial charge in [-0.3, -0.25) is 24.6 Å². The van der Waals surface area contributed by atoms with Gasteiger partial charge >= 0.3 is 6.03 Å². The van der Waals surface area contributed by atoms with Gasteiger partial charge in [0.2, 0.25) is 17.7 Å². The van der Waals surface area contributed by atoms with Crippen molar-refractivity contribution in [3.05, 3.63) is 0 Å². The fourth-order valence-corrected chi connectivity index (χ4v) is 1.98. The number of hydrogen-bond donors (Lipinski definition) is 2. The quantitative estimate of drug-likeness (QED) is 0.506. The minimum atomic E-state index is -0.779. The highest BCUT2D eigenvalue weighted by atomic mass is 16.2. The lowest BCUT2D eigenvalue weighted by molar-refractivity contribution is -0.142. The molecule has 1 atom stereocenters. The molecule has 1 unspecified atom stereocenters. The Labute approximate surface area is 111 Å². The topological polar surface area (TPSA) is 110 Å². The van der Waals surface area contributed by atoms with Gasteiger partial charge in [0.15, 0.2) is 0 Å². The summed E-state index contributed by atoms with van der Waals surface area (Å²) in [6.07, 6.45) is 2.35. The molecule has 1 heterocycles. The average molecular weight is 269 g/mol. The van der Waals surface area contributed by atoms with Gasteiger partial charge in [-0.1, -0.05) is 13.3 Å². The minimum absolute atomic E-state index is 0.200. The van der Waals surface area contributed by atoms with E-state index in [2.05, 4.69) is 5.32 Å². The standard InChI is InChI=1S/C12H19N3O4/c1-2-5-8-10(17)14-12(19)15(11(8)18)7-4-3-6-9(13)16/h8H,2-7H2,1H3,(H2,13,16)(H,14,17,19). The zero-order valence-corrected chi connectivity index (χ0v) is 11.0. The second-order valence-corrected chi connectivity index (χ2v) is 4.55. The zero-order chi connectivity index (χ0) is 14.4. The van der Waals surface area contributed by atoms with E-state index in [4.69, 9.17) is 5.73 Å². The van der Waals surface area contributed by atoms with Crippen molar-refractivity contribution in [2.45, 2.75) is 39.0 Å². The van der Waals surface area contributed by atoms with E-state index >= 15 is 0 Å². The average Bonchev–Trinajstić information content (AvgIpc) is 2.33. The Morgan fingerprint density at radius 3 is 2.58 bits per heavy atom. The van der Waals surface area contributed by atoms with Crippen molar-refractivity contribution >= 4 is 23.8 Å². The van der Waals surface area contributed by atoms with Crippen LogP contribution in [0, 0.1) is 5.92 Å². The van der Waals surface area contributed by atoms with E-state index < -0.39 is 29.7 Å². The molecule has 0 aromatic heterocycles. The molecule has 19 heavy (non-hydrogen) atoms. The van der Waals surface area contributed by atoms with Crippen LogP contribution >= 0.6 is 0 Å². The summed E-state index contributed by atoms with van der Waals surface area (Å²) in [6.45, 7) is 2.07. The molecule has 0 spiro atoms. The lowest BCUT2D eigenvalue weighted by atomic mass is 9.99. The number of urea groups is 1. The van der Waals surface area contributed by atoms with E-state index in [0.717, 1.165) is 4.90 Å². The van der Waals surface area contributed by atoms with Crippen LogP contribution in [0.2, 0.25) is 0 Å². The van der Waals surface area contributed by atoms with E-state index in [0.29, 0.717) is 25.7 Å². The van der Waals surface area contributed by atoms with Crippen molar-refractivity contribution in [1.82, 2.24) is 10.2 Å². The molecular weight excluding hydrogens is 250 g/mol. The summed E-state index contributed by atoms with van der Waals surface area (Å²) in [5.41, 5.74) is 5.00. The number of hydrogen-bond acceptors (Lipinski definition) is 4. The van der Waals surface area contributed by atoms with E-state index in [-0.39, 0.29) is 13.0 Å². The number of carbonyl (C=O) groups is 4. The summed E-state index contributed by atoms with van der Waals surface area (Å²) in [7, 11) is 0. The number of nitrogens with zero attached hydrogens (tertiary/aromatic N) is 1. The smallest absolute Gasteiger partial charge is 0.330 e. The molecular formula is C12H19N3O4. The molecule has 0 aromatic carbocycles. The van der Waals surface area contributed by atoms with Crippen LogP contribution < -0.4 is 11.1 Å². The fraction of sp³-hybridized carbons (Fsp3) is 0.667. The number of nitrogens with one attached hydrogen (secondary N) is 1. The molecule has 3 N–H and O–H groups in total. The number of unbranched alkanes of at least 4 members (excludes halogenated alkanes) is 1. The number of nitrogens with two attached hydrogens (primary N) is 1. The van der Waals surface area contributed by atoms with Gasteiger partial charge in [-0.2, -0.15) is 0 Å². The van der Waals surface area contributed by atoms with Gasteiger partial charge in [-0.15, -0.1) is 0 Å². The molecule has 0 bridgehead atoms. The molecule has 106 valence electrons. The first-order valence-electron chi connectivity index (χ1n) is 6.41. The Balaban J connectivity index is 2.55. The third-order valence-electron chi connectivity index (χ3n) is 2.99. The normalized spacial score (nSPS) is 19.5. The maximum absolute atomic E-state index is 12.0. The van der Waals surface area contributed by atoms with Crippen LogP contribution in [0.25, 0.3) is 0 Å². The summed E-state index contributed by atoms with van der Waals surface area (Å²) in [5, 5.41) is 2.18. The molecule has 0 aromatic rings. The molecule has 1 saturated heterocycles. The van der Waals surface area contributed by atoms with Gasteiger partial charge < -0.3 is 5.73 Å². The van der Waals surface area contributed by atoms with Gasteiger partial charge in [0.05, 0.1) is 0 Å². The molecule has 0 radical (unpaired) electrons. The van der Waals surface area contributed by atoms with E-state index in [1.807, 2.05) is 6.92 Å². The van der Waals surface area contributed by atoms with Crippen molar-refractivity contribution in [3.63, 3.8) is 0 Å². The second-order valence-electron chi connectivity index (χ2n) is 4.55. The van der Waals surface area contributed by atoms with Gasteiger partial charge in [0.25, 0.3) is 0 Å². The Morgan fingerprint density at radius 2 is 2.00 bits per heavy atom. The van der Waals surface area contributed by atoms with Crippen LogP contribution in [0.15, 0.2) is 0 Å². The minimum Gasteiger partial charge on any atom is -0.370 e.